The number of aryl methyl sites for hydroxylation is 1. The molecule has 0 unspecified atom stereocenters. The summed E-state index contributed by atoms with van der Waals surface area (Å²) in [6.07, 6.45) is 0.983. The van der Waals surface area contributed by atoms with Crippen LogP contribution in [0, 0.1) is 0 Å². The number of hydrogen-bond donors (Lipinski definition) is 2. The van der Waals surface area contributed by atoms with E-state index in [9.17, 15) is 4.79 Å². The Bertz CT molecular complexity index is 339. The quantitative estimate of drug-likeness (QED) is 0.689. The zero-order valence-electron chi connectivity index (χ0n) is 10.4. The summed E-state index contributed by atoms with van der Waals surface area (Å²) in [6.45, 7) is 5.00. The molecular formula is C12H20N2O2S. The molecule has 96 valence electrons. The molecule has 0 aliphatic heterocycles. The molecule has 0 fully saturated rings. The van der Waals surface area contributed by atoms with Crippen LogP contribution in [0.5, 0.6) is 0 Å². The molecule has 0 aliphatic carbocycles. The standard InChI is InChI=1S/C12H20N2O2S/c1-3-10-4-5-11(17-10)12(15)14-7-6-13-8-9-16-2/h4-5,13H,3,6-9H2,1-2H3,(H,14,15). The van der Waals surface area contributed by atoms with Crippen LogP contribution >= 0.6 is 11.3 Å². The van der Waals surface area contributed by atoms with Crippen LogP contribution < -0.4 is 10.6 Å². The number of carbonyl (C=O) groups is 1. The fraction of sp³-hybridized carbons (Fsp3) is 0.583. The van der Waals surface area contributed by atoms with Gasteiger partial charge in [0.1, 0.15) is 0 Å². The molecule has 1 amide bonds. The first-order valence-electron chi connectivity index (χ1n) is 5.84. The maximum Gasteiger partial charge on any atom is 0.261 e. The van der Waals surface area contributed by atoms with E-state index in [1.807, 2.05) is 12.1 Å². The van der Waals surface area contributed by atoms with Gasteiger partial charge in [-0.05, 0) is 18.6 Å². The van der Waals surface area contributed by atoms with Crippen molar-refractivity contribution in [2.45, 2.75) is 13.3 Å². The predicted octanol–water partition coefficient (Wildman–Crippen LogP) is 1.28. The largest absolute Gasteiger partial charge is 0.383 e. The molecule has 0 spiro atoms. The fourth-order valence-electron chi connectivity index (χ4n) is 1.34. The summed E-state index contributed by atoms with van der Waals surface area (Å²) in [4.78, 5) is 13.7. The lowest BCUT2D eigenvalue weighted by molar-refractivity contribution is 0.0957. The first-order chi connectivity index (χ1) is 8.27. The van der Waals surface area contributed by atoms with Crippen LogP contribution in [-0.4, -0.2) is 39.3 Å². The molecule has 1 heterocycles. The molecule has 1 aromatic heterocycles. The summed E-state index contributed by atoms with van der Waals surface area (Å²) in [5, 5.41) is 6.05. The summed E-state index contributed by atoms with van der Waals surface area (Å²) in [5.41, 5.74) is 0. The monoisotopic (exact) mass is 256 g/mol. The molecule has 0 bridgehead atoms. The third-order valence-electron chi connectivity index (χ3n) is 2.30. The van der Waals surface area contributed by atoms with Gasteiger partial charge in [0.25, 0.3) is 5.91 Å². The Balaban J connectivity index is 2.16. The normalized spacial score (nSPS) is 10.5. The lowest BCUT2D eigenvalue weighted by atomic mass is 10.3. The second-order valence-corrected chi connectivity index (χ2v) is 4.79. The minimum Gasteiger partial charge on any atom is -0.383 e. The molecule has 2 N–H and O–H groups in total. The zero-order chi connectivity index (χ0) is 12.5. The predicted molar refractivity (Wildman–Crippen MR) is 70.8 cm³/mol. The molecule has 17 heavy (non-hydrogen) atoms. The van der Waals surface area contributed by atoms with Crippen molar-refractivity contribution in [3.8, 4) is 0 Å². The van der Waals surface area contributed by atoms with Crippen molar-refractivity contribution in [1.82, 2.24) is 10.6 Å². The molecule has 1 rings (SSSR count). The average molecular weight is 256 g/mol. The molecule has 1 aromatic rings. The van der Waals surface area contributed by atoms with Gasteiger partial charge in [0.2, 0.25) is 0 Å². The van der Waals surface area contributed by atoms with Gasteiger partial charge >= 0.3 is 0 Å². The summed E-state index contributed by atoms with van der Waals surface area (Å²) < 4.78 is 4.91. The Morgan fingerprint density at radius 1 is 1.35 bits per heavy atom. The second kappa shape index (κ2) is 8.22. The van der Waals surface area contributed by atoms with Crippen molar-refractivity contribution in [2.24, 2.45) is 0 Å². The highest BCUT2D eigenvalue weighted by Crippen LogP contribution is 2.16. The van der Waals surface area contributed by atoms with Crippen LogP contribution in [0.25, 0.3) is 0 Å². The smallest absolute Gasteiger partial charge is 0.261 e. The molecule has 4 nitrogen and oxygen atoms in total. The third-order valence-corrected chi connectivity index (χ3v) is 3.53. The van der Waals surface area contributed by atoms with Crippen molar-refractivity contribution in [2.75, 3.05) is 33.4 Å². The van der Waals surface area contributed by atoms with Crippen LogP contribution in [0.15, 0.2) is 12.1 Å². The van der Waals surface area contributed by atoms with Gasteiger partial charge < -0.3 is 15.4 Å². The Hall–Kier alpha value is -0.910. The van der Waals surface area contributed by atoms with E-state index in [1.165, 1.54) is 4.88 Å². The van der Waals surface area contributed by atoms with Gasteiger partial charge in [-0.15, -0.1) is 11.3 Å². The molecule has 5 heteroatoms. The Morgan fingerprint density at radius 3 is 2.82 bits per heavy atom. The number of amides is 1. The van der Waals surface area contributed by atoms with E-state index in [0.29, 0.717) is 13.2 Å². The number of ether oxygens (including phenoxy) is 1. The number of nitrogens with one attached hydrogen (secondary N) is 2. The van der Waals surface area contributed by atoms with E-state index < -0.39 is 0 Å². The first kappa shape index (κ1) is 14.2. The highest BCUT2D eigenvalue weighted by Gasteiger charge is 2.07. The molecule has 0 aromatic carbocycles. The van der Waals surface area contributed by atoms with E-state index in [2.05, 4.69) is 17.6 Å². The summed E-state index contributed by atoms with van der Waals surface area (Å²) in [7, 11) is 1.67. The van der Waals surface area contributed by atoms with E-state index in [-0.39, 0.29) is 5.91 Å². The van der Waals surface area contributed by atoms with Gasteiger partial charge in [-0.2, -0.15) is 0 Å². The molecule has 0 saturated carbocycles. The number of rotatable bonds is 8. The van der Waals surface area contributed by atoms with Crippen LogP contribution in [0.1, 0.15) is 21.5 Å². The maximum absolute atomic E-state index is 11.7. The molecular weight excluding hydrogens is 236 g/mol. The number of thiophene rings is 1. The highest BCUT2D eigenvalue weighted by atomic mass is 32.1. The molecule has 0 saturated heterocycles. The Kier molecular flexibility index (Phi) is 6.84. The van der Waals surface area contributed by atoms with Crippen molar-refractivity contribution in [3.05, 3.63) is 21.9 Å². The molecule has 0 atom stereocenters. The van der Waals surface area contributed by atoms with Crippen LogP contribution in [0.2, 0.25) is 0 Å². The van der Waals surface area contributed by atoms with Gasteiger partial charge in [0.15, 0.2) is 0 Å². The van der Waals surface area contributed by atoms with Crippen molar-refractivity contribution in [3.63, 3.8) is 0 Å². The van der Waals surface area contributed by atoms with E-state index in [4.69, 9.17) is 4.74 Å². The minimum absolute atomic E-state index is 0.0169. The third kappa shape index (κ3) is 5.30. The van der Waals surface area contributed by atoms with Gasteiger partial charge in [-0.3, -0.25) is 4.79 Å². The molecule has 0 aliphatic rings. The lowest BCUT2D eigenvalue weighted by Crippen LogP contribution is -2.32. The highest BCUT2D eigenvalue weighted by molar-refractivity contribution is 7.14. The summed E-state index contributed by atoms with van der Waals surface area (Å²) in [5.74, 6) is 0.0169. The zero-order valence-corrected chi connectivity index (χ0v) is 11.2. The Morgan fingerprint density at radius 2 is 2.18 bits per heavy atom. The number of methoxy groups -OCH3 is 1. The summed E-state index contributed by atoms with van der Waals surface area (Å²) >= 11 is 1.56. The van der Waals surface area contributed by atoms with E-state index in [0.717, 1.165) is 24.4 Å². The number of carbonyl (C=O) groups excluding carboxylic acids is 1. The maximum atomic E-state index is 11.7. The Labute approximate surface area is 106 Å². The van der Waals surface area contributed by atoms with E-state index in [1.54, 1.807) is 18.4 Å². The fourth-order valence-corrected chi connectivity index (χ4v) is 2.20. The van der Waals surface area contributed by atoms with E-state index >= 15 is 0 Å². The first-order valence-corrected chi connectivity index (χ1v) is 6.66. The van der Waals surface area contributed by atoms with Crippen molar-refractivity contribution >= 4 is 17.2 Å². The average Bonchev–Trinajstić information content (AvgIpc) is 2.82. The van der Waals surface area contributed by atoms with Crippen molar-refractivity contribution in [1.29, 1.82) is 0 Å². The van der Waals surface area contributed by atoms with Gasteiger partial charge in [-0.25, -0.2) is 0 Å². The van der Waals surface area contributed by atoms with Crippen LogP contribution in [-0.2, 0) is 11.2 Å². The van der Waals surface area contributed by atoms with Crippen LogP contribution in [0.4, 0.5) is 0 Å². The topological polar surface area (TPSA) is 50.4 Å². The lowest BCUT2D eigenvalue weighted by Gasteiger charge is -2.05. The number of hydrogen-bond acceptors (Lipinski definition) is 4. The second-order valence-electron chi connectivity index (χ2n) is 3.62. The molecule has 0 radical (unpaired) electrons. The van der Waals surface area contributed by atoms with Gasteiger partial charge in [0.05, 0.1) is 11.5 Å². The minimum atomic E-state index is 0.0169. The van der Waals surface area contributed by atoms with Gasteiger partial charge in [-0.1, -0.05) is 6.92 Å². The SMILES string of the molecule is CCc1ccc(C(=O)NCCNCCOC)s1. The van der Waals surface area contributed by atoms with Crippen molar-refractivity contribution < 1.29 is 9.53 Å². The summed E-state index contributed by atoms with van der Waals surface area (Å²) in [6, 6.07) is 3.90. The van der Waals surface area contributed by atoms with Gasteiger partial charge in [0, 0.05) is 31.6 Å². The van der Waals surface area contributed by atoms with Crippen LogP contribution in [0.3, 0.4) is 0 Å².